The van der Waals surface area contributed by atoms with Gasteiger partial charge in [0.2, 0.25) is 0 Å². The summed E-state index contributed by atoms with van der Waals surface area (Å²) in [5.74, 6) is -1.49. The number of nitrogens with zero attached hydrogens (tertiary/aromatic N) is 1. The highest BCUT2D eigenvalue weighted by atomic mass is 19.1. The van der Waals surface area contributed by atoms with Gasteiger partial charge in [0.1, 0.15) is 17.5 Å². The number of methoxy groups -OCH3 is 1. The lowest BCUT2D eigenvalue weighted by Gasteiger charge is -2.19. The lowest BCUT2D eigenvalue weighted by molar-refractivity contribution is 0.0528. The molecular formula is C16H20FN3O4. The molecule has 0 unspecified atom stereocenters. The molecule has 0 spiro atoms. The number of rotatable bonds is 5. The number of nitrogens with one attached hydrogen (secondary N) is 2. The highest BCUT2D eigenvalue weighted by molar-refractivity contribution is 5.92. The van der Waals surface area contributed by atoms with Crippen LogP contribution in [0.1, 0.15) is 36.7 Å². The number of ether oxygens (including phenoxy) is 2. The van der Waals surface area contributed by atoms with Crippen LogP contribution in [0.4, 0.5) is 14.9 Å². The van der Waals surface area contributed by atoms with E-state index in [1.807, 2.05) is 6.07 Å². The van der Waals surface area contributed by atoms with Crippen molar-refractivity contribution in [2.24, 2.45) is 0 Å². The van der Waals surface area contributed by atoms with Crippen LogP contribution < -0.4 is 10.6 Å². The second-order valence-corrected chi connectivity index (χ2v) is 5.84. The van der Waals surface area contributed by atoms with Gasteiger partial charge in [-0.1, -0.05) is 0 Å². The minimum Gasteiger partial charge on any atom is -0.465 e. The number of esters is 1. The van der Waals surface area contributed by atoms with E-state index in [9.17, 15) is 14.0 Å². The minimum absolute atomic E-state index is 0.00847. The van der Waals surface area contributed by atoms with E-state index in [1.54, 1.807) is 20.8 Å². The Balaban J connectivity index is 2.65. The normalized spacial score (nSPS) is 10.5. The van der Waals surface area contributed by atoms with Crippen LogP contribution in [0.5, 0.6) is 0 Å². The molecule has 0 saturated carbocycles. The number of hydrogen-bond acceptors (Lipinski definition) is 6. The molecule has 130 valence electrons. The number of halogens is 1. The fraction of sp³-hybridized carbons (Fsp3) is 0.438. The number of nitriles is 1. The molecule has 7 nitrogen and oxygen atoms in total. The fourth-order valence-corrected chi connectivity index (χ4v) is 1.76. The first kappa shape index (κ1) is 19.2. The molecule has 1 aromatic rings. The van der Waals surface area contributed by atoms with Gasteiger partial charge in [0.15, 0.2) is 0 Å². The smallest absolute Gasteiger partial charge is 0.407 e. The molecule has 1 aromatic carbocycles. The molecule has 0 aromatic heterocycles. The van der Waals surface area contributed by atoms with Gasteiger partial charge in [0.05, 0.1) is 23.9 Å². The van der Waals surface area contributed by atoms with Gasteiger partial charge in [-0.3, -0.25) is 0 Å². The van der Waals surface area contributed by atoms with Crippen LogP contribution in [0.15, 0.2) is 12.1 Å². The highest BCUT2D eigenvalue weighted by Crippen LogP contribution is 2.20. The van der Waals surface area contributed by atoms with Crippen molar-refractivity contribution in [1.82, 2.24) is 5.32 Å². The summed E-state index contributed by atoms with van der Waals surface area (Å²) in [6.07, 6.45) is -0.580. The van der Waals surface area contributed by atoms with Crippen molar-refractivity contribution >= 4 is 17.7 Å². The summed E-state index contributed by atoms with van der Waals surface area (Å²) in [6, 6.07) is 3.97. The van der Waals surface area contributed by atoms with Crippen molar-refractivity contribution in [3.63, 3.8) is 0 Å². The van der Waals surface area contributed by atoms with Gasteiger partial charge in [0.25, 0.3) is 0 Å². The summed E-state index contributed by atoms with van der Waals surface area (Å²) in [7, 11) is 1.15. The lowest BCUT2D eigenvalue weighted by Crippen LogP contribution is -2.35. The summed E-state index contributed by atoms with van der Waals surface area (Å²) < 4.78 is 23.5. The van der Waals surface area contributed by atoms with E-state index in [2.05, 4.69) is 15.4 Å². The van der Waals surface area contributed by atoms with Gasteiger partial charge < -0.3 is 20.1 Å². The zero-order valence-electron chi connectivity index (χ0n) is 14.0. The molecule has 0 heterocycles. The highest BCUT2D eigenvalue weighted by Gasteiger charge is 2.17. The van der Waals surface area contributed by atoms with Gasteiger partial charge in [-0.25, -0.2) is 14.0 Å². The Hall–Kier alpha value is -2.82. The van der Waals surface area contributed by atoms with Crippen LogP contribution in [0, 0.1) is 17.1 Å². The van der Waals surface area contributed by atoms with E-state index in [-0.39, 0.29) is 29.9 Å². The molecule has 1 amide bonds. The number of hydrogen-bond donors (Lipinski definition) is 2. The molecule has 0 atom stereocenters. The third-order valence-corrected chi connectivity index (χ3v) is 2.74. The third kappa shape index (κ3) is 5.76. The largest absolute Gasteiger partial charge is 0.465 e. The van der Waals surface area contributed by atoms with Crippen molar-refractivity contribution in [2.75, 3.05) is 25.5 Å². The molecule has 0 fully saturated rings. The molecule has 8 heteroatoms. The maximum atomic E-state index is 14.0. The van der Waals surface area contributed by atoms with Crippen molar-refractivity contribution in [1.29, 1.82) is 5.26 Å². The fourth-order valence-electron chi connectivity index (χ4n) is 1.76. The number of benzene rings is 1. The monoisotopic (exact) mass is 337 g/mol. The van der Waals surface area contributed by atoms with Gasteiger partial charge >= 0.3 is 12.1 Å². The number of carbonyl (C=O) groups is 2. The molecule has 0 saturated heterocycles. The summed E-state index contributed by atoms with van der Waals surface area (Å²) >= 11 is 0. The number of carbonyl (C=O) groups excluding carboxylic acids is 2. The molecule has 1 rings (SSSR count). The molecule has 2 N–H and O–H groups in total. The Labute approximate surface area is 139 Å². The zero-order valence-corrected chi connectivity index (χ0v) is 14.0. The van der Waals surface area contributed by atoms with Crippen LogP contribution >= 0.6 is 0 Å². The Morgan fingerprint density at radius 3 is 2.50 bits per heavy atom. The SMILES string of the molecule is COC(=O)c1cc(F)c(NCCNC(=O)OC(C)(C)C)cc1C#N. The van der Waals surface area contributed by atoms with Crippen LogP contribution in [-0.2, 0) is 9.47 Å². The molecule has 24 heavy (non-hydrogen) atoms. The molecular weight excluding hydrogens is 317 g/mol. The first-order chi connectivity index (χ1) is 11.2. The maximum absolute atomic E-state index is 14.0. The summed E-state index contributed by atoms with van der Waals surface area (Å²) in [5, 5.41) is 14.3. The molecule has 0 radical (unpaired) electrons. The van der Waals surface area contributed by atoms with Crippen LogP contribution in [0.25, 0.3) is 0 Å². The van der Waals surface area contributed by atoms with E-state index in [4.69, 9.17) is 10.00 Å². The number of amides is 1. The molecule has 0 aliphatic carbocycles. The Bertz CT molecular complexity index is 663. The first-order valence-electron chi connectivity index (χ1n) is 7.20. The predicted octanol–water partition coefficient (Wildman–Crippen LogP) is 2.42. The maximum Gasteiger partial charge on any atom is 0.407 e. The second kappa shape index (κ2) is 8.15. The van der Waals surface area contributed by atoms with Crippen molar-refractivity contribution in [2.45, 2.75) is 26.4 Å². The van der Waals surface area contributed by atoms with E-state index in [0.717, 1.165) is 13.2 Å². The zero-order chi connectivity index (χ0) is 18.3. The molecule has 0 aliphatic heterocycles. The summed E-state index contributed by atoms with van der Waals surface area (Å²) in [4.78, 5) is 22.9. The van der Waals surface area contributed by atoms with Gasteiger partial charge in [0, 0.05) is 13.1 Å². The minimum atomic E-state index is -0.788. The van der Waals surface area contributed by atoms with Crippen LogP contribution in [-0.4, -0.2) is 37.9 Å². The quantitative estimate of drug-likeness (QED) is 0.632. The van der Waals surface area contributed by atoms with Gasteiger partial charge in [-0.15, -0.1) is 0 Å². The predicted molar refractivity (Wildman–Crippen MR) is 85.2 cm³/mol. The first-order valence-corrected chi connectivity index (χ1v) is 7.20. The average molecular weight is 337 g/mol. The second-order valence-electron chi connectivity index (χ2n) is 5.84. The van der Waals surface area contributed by atoms with E-state index >= 15 is 0 Å². The Kier molecular flexibility index (Phi) is 6.53. The average Bonchev–Trinajstić information content (AvgIpc) is 2.49. The Morgan fingerprint density at radius 2 is 1.96 bits per heavy atom. The van der Waals surface area contributed by atoms with Crippen molar-refractivity contribution < 1.29 is 23.5 Å². The lowest BCUT2D eigenvalue weighted by atomic mass is 10.1. The van der Waals surface area contributed by atoms with E-state index < -0.39 is 23.5 Å². The summed E-state index contributed by atoms with van der Waals surface area (Å²) in [6.45, 7) is 5.62. The number of alkyl carbamates (subject to hydrolysis) is 1. The third-order valence-electron chi connectivity index (χ3n) is 2.74. The van der Waals surface area contributed by atoms with Crippen LogP contribution in [0.2, 0.25) is 0 Å². The van der Waals surface area contributed by atoms with Crippen molar-refractivity contribution in [3.05, 3.63) is 29.1 Å². The number of anilines is 1. The van der Waals surface area contributed by atoms with Crippen molar-refractivity contribution in [3.8, 4) is 6.07 Å². The van der Waals surface area contributed by atoms with Gasteiger partial charge in [-0.2, -0.15) is 5.26 Å². The van der Waals surface area contributed by atoms with E-state index in [1.165, 1.54) is 6.07 Å². The van der Waals surface area contributed by atoms with Gasteiger partial charge in [-0.05, 0) is 32.9 Å². The Morgan fingerprint density at radius 1 is 1.29 bits per heavy atom. The molecule has 0 bridgehead atoms. The van der Waals surface area contributed by atoms with Crippen LogP contribution in [0.3, 0.4) is 0 Å². The van der Waals surface area contributed by atoms with E-state index in [0.29, 0.717) is 0 Å². The standard InChI is InChI=1S/C16H20FN3O4/c1-16(2,3)24-15(22)20-6-5-19-13-7-10(9-18)11(8-12(13)17)14(21)23-4/h7-8,19H,5-6H2,1-4H3,(H,20,22). The summed E-state index contributed by atoms with van der Waals surface area (Å²) in [5.41, 5.74) is -0.708. The molecule has 0 aliphatic rings. The topological polar surface area (TPSA) is 100 Å².